The van der Waals surface area contributed by atoms with Gasteiger partial charge >= 0.3 is 0 Å². The van der Waals surface area contributed by atoms with Crippen LogP contribution in [-0.2, 0) is 50.0 Å². The van der Waals surface area contributed by atoms with Crippen LogP contribution in [-0.4, -0.2) is 124 Å². The van der Waals surface area contributed by atoms with Gasteiger partial charge in [-0.1, -0.05) is 23.8 Å². The summed E-state index contributed by atoms with van der Waals surface area (Å²) in [4.78, 5) is 0. The molecule has 0 radical (unpaired) electrons. The van der Waals surface area contributed by atoms with Crippen molar-refractivity contribution >= 4 is 0 Å². The van der Waals surface area contributed by atoms with Crippen LogP contribution in [0.4, 0.5) is 0 Å². The molecule has 4 heterocycles. The summed E-state index contributed by atoms with van der Waals surface area (Å²) in [6, 6.07) is 0. The van der Waals surface area contributed by atoms with E-state index in [1.165, 1.54) is 0 Å². The van der Waals surface area contributed by atoms with Crippen molar-refractivity contribution in [2.24, 2.45) is 0 Å². The number of ether oxygens (including phenoxy) is 5. The van der Waals surface area contributed by atoms with E-state index in [9.17, 15) is 20.4 Å². The van der Waals surface area contributed by atoms with Crippen molar-refractivity contribution in [3.8, 4) is 0 Å². The number of rotatable bonds is 16. The van der Waals surface area contributed by atoms with Crippen LogP contribution in [0.1, 0.15) is 45.0 Å². The smallest absolute Gasteiger partial charge is 0.187 e. The number of aromatic nitrogens is 6. The average molecular weight is 573 g/mol. The molecule has 40 heavy (non-hydrogen) atoms. The summed E-state index contributed by atoms with van der Waals surface area (Å²) in [5.74, 6) is -0.810. The van der Waals surface area contributed by atoms with Gasteiger partial charge in [-0.2, -0.15) is 0 Å². The van der Waals surface area contributed by atoms with E-state index in [1.54, 1.807) is 15.6 Å². The Hall–Kier alpha value is -2.12. The summed E-state index contributed by atoms with van der Waals surface area (Å²) in [5, 5.41) is 64.3. The monoisotopic (exact) mass is 572 g/mol. The SMILES string of the molecule is CCCCn1cc(CO[C@@H]2O[C@H](Cn3cc(COC[C@@H](O)[C@H](O)[C@H](O)[C@@H](O)CO)nn3)[C@H]3OC(C)(C)O[C@@H]23)nn1. The molecule has 0 bridgehead atoms. The van der Waals surface area contributed by atoms with E-state index < -0.39 is 61.4 Å². The molecule has 226 valence electrons. The van der Waals surface area contributed by atoms with E-state index in [4.69, 9.17) is 28.8 Å². The maximum atomic E-state index is 9.98. The maximum Gasteiger partial charge on any atom is 0.187 e. The first kappa shape index (κ1) is 30.8. The first-order valence-corrected chi connectivity index (χ1v) is 13.4. The van der Waals surface area contributed by atoms with Crippen LogP contribution in [0.2, 0.25) is 0 Å². The molecule has 0 saturated carbocycles. The van der Waals surface area contributed by atoms with Gasteiger partial charge in [0.2, 0.25) is 0 Å². The first-order chi connectivity index (χ1) is 19.1. The van der Waals surface area contributed by atoms with Crippen molar-refractivity contribution in [1.29, 1.82) is 0 Å². The number of fused-ring (bicyclic) bond motifs is 1. The lowest BCUT2D eigenvalue weighted by Crippen LogP contribution is -2.47. The molecular weight excluding hydrogens is 532 g/mol. The van der Waals surface area contributed by atoms with Gasteiger partial charge in [-0.3, -0.25) is 4.68 Å². The molecule has 0 aromatic carbocycles. The number of aliphatic hydroxyl groups excluding tert-OH is 5. The Kier molecular flexibility index (Phi) is 10.6. The minimum atomic E-state index is -1.72. The van der Waals surface area contributed by atoms with Crippen molar-refractivity contribution in [3.63, 3.8) is 0 Å². The summed E-state index contributed by atoms with van der Waals surface area (Å²) in [6.07, 6.45) is -2.89. The molecular formula is C24H40N6O10. The van der Waals surface area contributed by atoms with Gasteiger partial charge in [0.05, 0.1) is 45.4 Å². The van der Waals surface area contributed by atoms with E-state index in [-0.39, 0.29) is 19.8 Å². The molecule has 8 atom stereocenters. The van der Waals surface area contributed by atoms with Crippen LogP contribution in [0.5, 0.6) is 0 Å². The third-order valence-corrected chi connectivity index (χ3v) is 6.65. The number of aliphatic hydroxyl groups is 5. The molecule has 0 aliphatic carbocycles. The minimum absolute atomic E-state index is 0.0304. The normalized spacial score (nSPS) is 27.0. The lowest BCUT2D eigenvalue weighted by Gasteiger charge is -2.25. The average Bonchev–Trinajstić information content (AvgIpc) is 3.70. The number of aryl methyl sites for hydroxylation is 1. The molecule has 0 spiro atoms. The van der Waals surface area contributed by atoms with Gasteiger partial charge in [0.1, 0.15) is 54.1 Å². The molecule has 16 nitrogen and oxygen atoms in total. The van der Waals surface area contributed by atoms with Crippen molar-refractivity contribution < 1.29 is 49.2 Å². The highest BCUT2D eigenvalue weighted by Crippen LogP contribution is 2.39. The van der Waals surface area contributed by atoms with E-state index in [0.29, 0.717) is 17.9 Å². The Morgan fingerprint density at radius 3 is 2.33 bits per heavy atom. The molecule has 0 unspecified atom stereocenters. The van der Waals surface area contributed by atoms with Crippen LogP contribution >= 0.6 is 0 Å². The van der Waals surface area contributed by atoms with Gasteiger partial charge in [-0.05, 0) is 20.3 Å². The molecule has 2 aliphatic rings. The Bertz CT molecular complexity index is 1050. The summed E-state index contributed by atoms with van der Waals surface area (Å²) in [7, 11) is 0. The number of unbranched alkanes of at least 4 members (excludes halogenated alkanes) is 1. The molecule has 2 fully saturated rings. The van der Waals surface area contributed by atoms with Gasteiger partial charge < -0.3 is 49.2 Å². The number of nitrogens with zero attached hydrogens (tertiary/aromatic N) is 6. The Labute approximate surface area is 231 Å². The molecule has 4 rings (SSSR count). The second-order valence-corrected chi connectivity index (χ2v) is 10.5. The van der Waals surface area contributed by atoms with Crippen LogP contribution in [0, 0.1) is 0 Å². The summed E-state index contributed by atoms with van der Waals surface area (Å²) in [6.45, 7) is 5.95. The van der Waals surface area contributed by atoms with E-state index in [0.717, 1.165) is 19.4 Å². The van der Waals surface area contributed by atoms with E-state index >= 15 is 0 Å². The zero-order valence-corrected chi connectivity index (χ0v) is 22.9. The van der Waals surface area contributed by atoms with Crippen LogP contribution in [0.15, 0.2) is 12.4 Å². The fourth-order valence-corrected chi connectivity index (χ4v) is 4.55. The van der Waals surface area contributed by atoms with Gasteiger partial charge in [-0.25, -0.2) is 4.68 Å². The predicted octanol–water partition coefficient (Wildman–Crippen LogP) is -1.92. The van der Waals surface area contributed by atoms with E-state index in [1.807, 2.05) is 20.0 Å². The summed E-state index contributed by atoms with van der Waals surface area (Å²) >= 11 is 0. The zero-order valence-electron chi connectivity index (χ0n) is 22.9. The highest BCUT2D eigenvalue weighted by Gasteiger charge is 2.56. The fourth-order valence-electron chi connectivity index (χ4n) is 4.55. The molecule has 16 heteroatoms. The van der Waals surface area contributed by atoms with Crippen LogP contribution < -0.4 is 0 Å². The Morgan fingerprint density at radius 2 is 1.60 bits per heavy atom. The summed E-state index contributed by atoms with van der Waals surface area (Å²) < 4.78 is 33.1. The molecule has 2 aromatic heterocycles. The second kappa shape index (κ2) is 13.7. The zero-order chi connectivity index (χ0) is 28.9. The van der Waals surface area contributed by atoms with Gasteiger partial charge in [0, 0.05) is 6.54 Å². The third-order valence-electron chi connectivity index (χ3n) is 6.65. The quantitative estimate of drug-likeness (QED) is 0.149. The summed E-state index contributed by atoms with van der Waals surface area (Å²) in [5.41, 5.74) is 1.14. The van der Waals surface area contributed by atoms with Crippen molar-refractivity contribution in [1.82, 2.24) is 30.0 Å². The topological polar surface area (TPSA) is 209 Å². The van der Waals surface area contributed by atoms with Gasteiger partial charge in [0.25, 0.3) is 0 Å². The third kappa shape index (κ3) is 7.79. The minimum Gasteiger partial charge on any atom is -0.394 e. The number of hydrogen-bond acceptors (Lipinski definition) is 14. The fraction of sp³-hybridized carbons (Fsp3) is 0.833. The highest BCUT2D eigenvalue weighted by atomic mass is 16.8. The Morgan fingerprint density at radius 1 is 0.950 bits per heavy atom. The van der Waals surface area contributed by atoms with Gasteiger partial charge in [-0.15, -0.1) is 10.2 Å². The predicted molar refractivity (Wildman–Crippen MR) is 133 cm³/mol. The first-order valence-electron chi connectivity index (χ1n) is 13.4. The molecule has 2 aliphatic heterocycles. The van der Waals surface area contributed by atoms with Crippen LogP contribution in [0.3, 0.4) is 0 Å². The molecule has 0 amide bonds. The van der Waals surface area contributed by atoms with Gasteiger partial charge in [0.15, 0.2) is 12.1 Å². The second-order valence-electron chi connectivity index (χ2n) is 10.5. The molecule has 2 aromatic rings. The highest BCUT2D eigenvalue weighted by molar-refractivity contribution is 4.98. The maximum absolute atomic E-state index is 9.98. The molecule has 2 saturated heterocycles. The van der Waals surface area contributed by atoms with Crippen LogP contribution in [0.25, 0.3) is 0 Å². The largest absolute Gasteiger partial charge is 0.394 e. The van der Waals surface area contributed by atoms with Crippen molar-refractivity contribution in [3.05, 3.63) is 23.8 Å². The van der Waals surface area contributed by atoms with E-state index in [2.05, 4.69) is 27.5 Å². The molecule has 5 N–H and O–H groups in total. The number of hydrogen-bond donors (Lipinski definition) is 5. The lowest BCUT2D eigenvalue weighted by atomic mass is 10.0. The Balaban J connectivity index is 1.28. The van der Waals surface area contributed by atoms with Crippen molar-refractivity contribution in [2.75, 3.05) is 13.2 Å². The lowest BCUT2D eigenvalue weighted by molar-refractivity contribution is -0.238. The standard InChI is InChI=1S/C24H40N6O10/c1-4-5-6-29-7-15(26-27-29)12-37-23-22-21(39-24(2,3)40-22)18(38-23)9-30-8-14(25-28-30)11-36-13-17(33)20(35)19(34)16(32)10-31/h7-8,16-23,31-35H,4-6,9-13H2,1-3H3/t16-,17+,18+,19+,20-,21+,22+,23+/m0/s1. The van der Waals surface area contributed by atoms with Crippen molar-refractivity contribution in [2.45, 2.75) is 115 Å².